The van der Waals surface area contributed by atoms with Crippen LogP contribution in [0.5, 0.6) is 0 Å². The van der Waals surface area contributed by atoms with Gasteiger partial charge in [0.15, 0.2) is 5.95 Å². The van der Waals surface area contributed by atoms with E-state index in [1.54, 1.807) is 0 Å². The summed E-state index contributed by atoms with van der Waals surface area (Å²) in [5.74, 6) is -0.924. The van der Waals surface area contributed by atoms with Gasteiger partial charge >= 0.3 is 0 Å². The molecule has 94 valence electrons. The Bertz CT molecular complexity index is 462. The van der Waals surface area contributed by atoms with Crippen LogP contribution in [0.25, 0.3) is 0 Å². The lowest BCUT2D eigenvalue weighted by Gasteiger charge is -2.14. The molecule has 2 rings (SSSR count). The van der Waals surface area contributed by atoms with Crippen molar-refractivity contribution in [1.29, 1.82) is 0 Å². The highest BCUT2D eigenvalue weighted by atomic mass is 19.1. The summed E-state index contributed by atoms with van der Waals surface area (Å²) < 4.78 is 18.6. The third-order valence-corrected chi connectivity index (χ3v) is 2.75. The lowest BCUT2D eigenvalue weighted by atomic mass is 10.0. The summed E-state index contributed by atoms with van der Waals surface area (Å²) in [6, 6.07) is 2.27. The fourth-order valence-corrected chi connectivity index (χ4v) is 1.84. The van der Waals surface area contributed by atoms with Crippen LogP contribution in [0, 0.1) is 5.95 Å². The molecule has 1 aliphatic rings. The number of hydrogen-bond donors (Lipinski definition) is 4. The normalized spacial score (nSPS) is 32.9. The van der Waals surface area contributed by atoms with Crippen LogP contribution >= 0.6 is 0 Å². The zero-order chi connectivity index (χ0) is 12.6. The lowest BCUT2D eigenvalue weighted by molar-refractivity contribution is -0.0238. The van der Waals surface area contributed by atoms with Gasteiger partial charge in [0.1, 0.15) is 24.4 Å². The fourth-order valence-electron chi connectivity index (χ4n) is 1.84. The quantitative estimate of drug-likeness (QED) is 0.483. The zero-order valence-corrected chi connectivity index (χ0v) is 8.71. The molecule has 4 N–H and O–H groups in total. The van der Waals surface area contributed by atoms with Gasteiger partial charge in [0, 0.05) is 11.6 Å². The zero-order valence-electron chi connectivity index (χ0n) is 8.71. The van der Waals surface area contributed by atoms with Gasteiger partial charge in [-0.3, -0.25) is 9.78 Å². The first-order valence-corrected chi connectivity index (χ1v) is 5.05. The monoisotopic (exact) mass is 245 g/mol. The molecule has 17 heavy (non-hydrogen) atoms. The molecule has 0 amide bonds. The van der Waals surface area contributed by atoms with E-state index in [-0.39, 0.29) is 5.56 Å². The number of H-pyrrole nitrogens is 1. The van der Waals surface area contributed by atoms with Crippen LogP contribution in [-0.2, 0) is 4.74 Å². The second-order valence-electron chi connectivity index (χ2n) is 3.85. The van der Waals surface area contributed by atoms with E-state index < -0.39 is 42.5 Å². The second kappa shape index (κ2) is 4.53. The van der Waals surface area contributed by atoms with Gasteiger partial charge in [0.05, 0.1) is 6.61 Å². The number of aromatic amines is 1. The van der Waals surface area contributed by atoms with Crippen molar-refractivity contribution < 1.29 is 24.4 Å². The maximum Gasteiger partial charge on any atom is 0.250 e. The van der Waals surface area contributed by atoms with Crippen molar-refractivity contribution in [1.82, 2.24) is 4.98 Å². The van der Waals surface area contributed by atoms with E-state index in [1.807, 2.05) is 4.98 Å². The lowest BCUT2D eigenvalue weighted by Crippen LogP contribution is -2.32. The van der Waals surface area contributed by atoms with Crippen molar-refractivity contribution in [2.75, 3.05) is 6.61 Å². The number of hydrogen-bond acceptors (Lipinski definition) is 5. The first-order valence-electron chi connectivity index (χ1n) is 5.05. The number of aliphatic hydroxyl groups is 3. The molecule has 0 saturated carbocycles. The van der Waals surface area contributed by atoms with Gasteiger partial charge in [-0.15, -0.1) is 0 Å². The van der Waals surface area contributed by atoms with Crippen LogP contribution in [-0.4, -0.2) is 45.2 Å². The summed E-state index contributed by atoms with van der Waals surface area (Å²) >= 11 is 0. The van der Waals surface area contributed by atoms with Crippen molar-refractivity contribution in [2.45, 2.75) is 24.4 Å². The minimum Gasteiger partial charge on any atom is -0.394 e. The minimum absolute atomic E-state index is 0.0629. The first kappa shape index (κ1) is 12.2. The molecule has 0 radical (unpaired) electrons. The average molecular weight is 245 g/mol. The number of pyridine rings is 1. The van der Waals surface area contributed by atoms with E-state index in [1.165, 1.54) is 6.07 Å². The summed E-state index contributed by atoms with van der Waals surface area (Å²) in [6.07, 6.45) is -4.73. The molecule has 0 spiro atoms. The molecule has 4 atom stereocenters. The van der Waals surface area contributed by atoms with Gasteiger partial charge in [-0.05, 0) is 6.07 Å². The van der Waals surface area contributed by atoms with Crippen LogP contribution < -0.4 is 5.56 Å². The van der Waals surface area contributed by atoms with Gasteiger partial charge in [0.25, 0.3) is 0 Å². The Morgan fingerprint density at radius 2 is 2.06 bits per heavy atom. The Balaban J connectivity index is 2.32. The predicted molar refractivity (Wildman–Crippen MR) is 53.7 cm³/mol. The molecule has 1 aromatic heterocycles. The third kappa shape index (κ3) is 2.09. The van der Waals surface area contributed by atoms with Crippen LogP contribution in [0.1, 0.15) is 11.7 Å². The van der Waals surface area contributed by atoms with Crippen LogP contribution in [0.4, 0.5) is 4.39 Å². The Hall–Kier alpha value is -1.28. The second-order valence-corrected chi connectivity index (χ2v) is 3.85. The fraction of sp³-hybridized carbons (Fsp3) is 0.500. The molecule has 0 bridgehead atoms. The SMILES string of the molecule is O=c1ccc([C@@H]2O[C@H](CO)[C@H](O)C2O)c(F)[nH]1. The van der Waals surface area contributed by atoms with Crippen molar-refractivity contribution in [3.05, 3.63) is 34.0 Å². The van der Waals surface area contributed by atoms with E-state index in [0.717, 1.165) is 6.07 Å². The van der Waals surface area contributed by atoms with Gasteiger partial charge in [-0.2, -0.15) is 4.39 Å². The van der Waals surface area contributed by atoms with Crippen molar-refractivity contribution in [3.63, 3.8) is 0 Å². The summed E-state index contributed by atoms with van der Waals surface area (Å²) in [4.78, 5) is 12.8. The molecule has 1 aromatic rings. The molecule has 1 unspecified atom stereocenters. The van der Waals surface area contributed by atoms with Gasteiger partial charge < -0.3 is 20.1 Å². The maximum absolute atomic E-state index is 13.4. The van der Waals surface area contributed by atoms with Crippen LogP contribution in [0.3, 0.4) is 0 Å². The van der Waals surface area contributed by atoms with Crippen molar-refractivity contribution >= 4 is 0 Å². The van der Waals surface area contributed by atoms with Crippen LogP contribution in [0.15, 0.2) is 16.9 Å². The molecule has 0 aliphatic carbocycles. The Morgan fingerprint density at radius 3 is 2.59 bits per heavy atom. The highest BCUT2D eigenvalue weighted by Gasteiger charge is 2.44. The van der Waals surface area contributed by atoms with Gasteiger partial charge in [-0.25, -0.2) is 0 Å². The smallest absolute Gasteiger partial charge is 0.250 e. The van der Waals surface area contributed by atoms with Crippen molar-refractivity contribution in [3.8, 4) is 0 Å². The average Bonchev–Trinajstić information content (AvgIpc) is 2.57. The number of ether oxygens (including phenoxy) is 1. The largest absolute Gasteiger partial charge is 0.394 e. The molecule has 1 saturated heterocycles. The third-order valence-electron chi connectivity index (χ3n) is 2.75. The topological polar surface area (TPSA) is 103 Å². The number of nitrogens with one attached hydrogen (secondary N) is 1. The summed E-state index contributed by atoms with van der Waals surface area (Å²) in [6.45, 7) is -0.486. The standard InChI is InChI=1S/C10H12FNO5/c11-10-4(1-2-6(14)12-10)9-8(16)7(15)5(3-13)17-9/h1-2,5,7-9,13,15-16H,3H2,(H,12,14)/t5-,7+,8?,9+/m1/s1. The summed E-state index contributed by atoms with van der Waals surface area (Å²) in [5, 5.41) is 28.1. The van der Waals surface area contributed by atoms with E-state index in [0.29, 0.717) is 0 Å². The molecule has 0 aromatic carbocycles. The maximum atomic E-state index is 13.4. The summed E-state index contributed by atoms with van der Waals surface area (Å²) in [7, 11) is 0. The Kier molecular flexibility index (Phi) is 3.25. The van der Waals surface area contributed by atoms with Gasteiger partial charge in [0.2, 0.25) is 5.56 Å². The molecule has 7 heteroatoms. The molecule has 1 fully saturated rings. The Labute approximate surface area is 95.3 Å². The number of halogens is 1. The number of rotatable bonds is 2. The minimum atomic E-state index is -1.35. The number of aliphatic hydroxyl groups excluding tert-OH is 3. The van der Waals surface area contributed by atoms with E-state index in [9.17, 15) is 19.4 Å². The molecule has 2 heterocycles. The Morgan fingerprint density at radius 1 is 1.35 bits per heavy atom. The van der Waals surface area contributed by atoms with Crippen LogP contribution in [0.2, 0.25) is 0 Å². The highest BCUT2D eigenvalue weighted by Crippen LogP contribution is 2.33. The predicted octanol–water partition coefficient (Wildman–Crippen LogP) is -1.33. The molecule has 6 nitrogen and oxygen atoms in total. The van der Waals surface area contributed by atoms with E-state index in [2.05, 4.69) is 0 Å². The highest BCUT2D eigenvalue weighted by molar-refractivity contribution is 5.18. The van der Waals surface area contributed by atoms with E-state index >= 15 is 0 Å². The van der Waals surface area contributed by atoms with E-state index in [4.69, 9.17) is 9.84 Å². The number of aromatic nitrogens is 1. The molecule has 1 aliphatic heterocycles. The van der Waals surface area contributed by atoms with Crippen molar-refractivity contribution in [2.24, 2.45) is 0 Å². The van der Waals surface area contributed by atoms with Gasteiger partial charge in [-0.1, -0.05) is 0 Å². The first-order chi connectivity index (χ1) is 8.04. The molecular weight excluding hydrogens is 233 g/mol. The molecular formula is C10H12FNO5. The summed E-state index contributed by atoms with van der Waals surface area (Å²) in [5.41, 5.74) is -0.676.